The number of fused-ring (bicyclic) bond motifs is 2. The maximum Gasteiger partial charge on any atom is 0.279 e. The second-order valence-electron chi connectivity index (χ2n) is 7.38. The SMILES string of the molecule is O=c1[nH]c(C2CC2)nc2c1CCN(Cc1c[nH]c3cccc([N+](=O)[O-])c13)C2. The minimum atomic E-state index is -0.339. The highest BCUT2D eigenvalue weighted by Gasteiger charge is 2.29. The number of nitro benzene ring substituents is 1. The fraction of sp³-hybridized carbons (Fsp3) is 0.368. The van der Waals surface area contributed by atoms with Crippen molar-refractivity contribution in [3.8, 4) is 0 Å². The molecule has 138 valence electrons. The Hall–Kier alpha value is -3.00. The van der Waals surface area contributed by atoms with Crippen LogP contribution in [0, 0.1) is 10.1 Å². The van der Waals surface area contributed by atoms with Gasteiger partial charge in [0.25, 0.3) is 11.2 Å². The summed E-state index contributed by atoms with van der Waals surface area (Å²) in [7, 11) is 0. The molecule has 8 heteroatoms. The Bertz CT molecular complexity index is 1110. The molecular weight excluding hydrogens is 346 g/mol. The van der Waals surface area contributed by atoms with Crippen LogP contribution in [0.15, 0.2) is 29.2 Å². The van der Waals surface area contributed by atoms with Crippen LogP contribution in [0.4, 0.5) is 5.69 Å². The van der Waals surface area contributed by atoms with Crippen molar-refractivity contribution >= 4 is 16.6 Å². The number of rotatable bonds is 4. The molecule has 0 saturated heterocycles. The molecule has 3 heterocycles. The van der Waals surface area contributed by atoms with Crippen molar-refractivity contribution in [3.05, 3.63) is 67.5 Å². The molecule has 0 unspecified atom stereocenters. The Morgan fingerprint density at radius 1 is 1.33 bits per heavy atom. The summed E-state index contributed by atoms with van der Waals surface area (Å²) in [5.74, 6) is 1.21. The third-order valence-electron chi connectivity index (χ3n) is 5.49. The molecule has 1 aliphatic heterocycles. The first-order valence-electron chi connectivity index (χ1n) is 9.18. The Balaban J connectivity index is 1.46. The second-order valence-corrected chi connectivity index (χ2v) is 7.38. The number of hydrogen-bond donors (Lipinski definition) is 2. The molecule has 0 spiro atoms. The Morgan fingerprint density at radius 2 is 2.19 bits per heavy atom. The Morgan fingerprint density at radius 3 is 2.96 bits per heavy atom. The number of hydrogen-bond acceptors (Lipinski definition) is 5. The fourth-order valence-corrected chi connectivity index (χ4v) is 3.95. The van der Waals surface area contributed by atoms with Crippen molar-refractivity contribution in [1.29, 1.82) is 0 Å². The number of nitrogens with zero attached hydrogens (tertiary/aromatic N) is 3. The highest BCUT2D eigenvalue weighted by atomic mass is 16.6. The lowest BCUT2D eigenvalue weighted by atomic mass is 10.0. The molecule has 0 radical (unpaired) electrons. The van der Waals surface area contributed by atoms with E-state index in [2.05, 4.69) is 14.9 Å². The van der Waals surface area contributed by atoms with Crippen molar-refractivity contribution in [3.63, 3.8) is 0 Å². The minimum absolute atomic E-state index is 0.00992. The normalized spacial score (nSPS) is 17.2. The average molecular weight is 365 g/mol. The molecule has 1 aromatic carbocycles. The molecule has 1 fully saturated rings. The van der Waals surface area contributed by atoms with Crippen LogP contribution in [-0.2, 0) is 19.5 Å². The zero-order valence-electron chi connectivity index (χ0n) is 14.7. The van der Waals surface area contributed by atoms with Crippen LogP contribution in [-0.4, -0.2) is 31.3 Å². The van der Waals surface area contributed by atoms with E-state index in [1.807, 2.05) is 12.3 Å². The molecule has 2 aromatic heterocycles. The molecular formula is C19H19N5O3. The Labute approximate surface area is 154 Å². The van der Waals surface area contributed by atoms with E-state index in [1.165, 1.54) is 6.07 Å². The third kappa shape index (κ3) is 2.82. The number of nitrogens with one attached hydrogen (secondary N) is 2. The highest BCUT2D eigenvalue weighted by molar-refractivity contribution is 5.91. The largest absolute Gasteiger partial charge is 0.361 e. The van der Waals surface area contributed by atoms with E-state index in [4.69, 9.17) is 4.98 Å². The predicted octanol–water partition coefficient (Wildman–Crippen LogP) is 2.60. The van der Waals surface area contributed by atoms with Crippen LogP contribution in [0.3, 0.4) is 0 Å². The van der Waals surface area contributed by atoms with E-state index >= 15 is 0 Å². The Kier molecular flexibility index (Phi) is 3.61. The zero-order chi connectivity index (χ0) is 18.5. The van der Waals surface area contributed by atoms with Crippen LogP contribution in [0.1, 0.15) is 41.4 Å². The van der Waals surface area contributed by atoms with Crippen molar-refractivity contribution in [2.24, 2.45) is 0 Å². The molecule has 1 saturated carbocycles. The van der Waals surface area contributed by atoms with Gasteiger partial charge in [0.05, 0.1) is 21.5 Å². The van der Waals surface area contributed by atoms with Gasteiger partial charge in [-0.15, -0.1) is 0 Å². The van der Waals surface area contributed by atoms with Gasteiger partial charge in [-0.2, -0.15) is 0 Å². The first-order chi connectivity index (χ1) is 13.1. The fourth-order valence-electron chi connectivity index (χ4n) is 3.95. The molecule has 2 N–H and O–H groups in total. The topological polar surface area (TPSA) is 108 Å². The second kappa shape index (κ2) is 6.02. The summed E-state index contributed by atoms with van der Waals surface area (Å²) < 4.78 is 0. The summed E-state index contributed by atoms with van der Waals surface area (Å²) in [6, 6.07) is 5.07. The van der Waals surface area contributed by atoms with Gasteiger partial charge in [-0.05, 0) is 30.9 Å². The lowest BCUT2D eigenvalue weighted by Gasteiger charge is -2.27. The van der Waals surface area contributed by atoms with Crippen LogP contribution < -0.4 is 5.56 Å². The smallest absolute Gasteiger partial charge is 0.279 e. The quantitative estimate of drug-likeness (QED) is 0.546. The van der Waals surface area contributed by atoms with E-state index in [0.717, 1.165) is 47.5 Å². The summed E-state index contributed by atoms with van der Waals surface area (Å²) in [4.78, 5) is 36.4. The van der Waals surface area contributed by atoms with Crippen LogP contribution in [0.5, 0.6) is 0 Å². The summed E-state index contributed by atoms with van der Waals surface area (Å²) >= 11 is 0. The molecule has 8 nitrogen and oxygen atoms in total. The first kappa shape index (κ1) is 16.2. The van der Waals surface area contributed by atoms with E-state index in [9.17, 15) is 14.9 Å². The van der Waals surface area contributed by atoms with Crippen molar-refractivity contribution in [1.82, 2.24) is 19.9 Å². The third-order valence-corrected chi connectivity index (χ3v) is 5.49. The summed E-state index contributed by atoms with van der Waals surface area (Å²) in [6.07, 6.45) is 4.66. The van der Waals surface area contributed by atoms with Gasteiger partial charge in [0.1, 0.15) is 5.82 Å². The molecule has 1 aliphatic carbocycles. The number of H-pyrrole nitrogens is 2. The van der Waals surface area contributed by atoms with Gasteiger partial charge in [0.15, 0.2) is 0 Å². The lowest BCUT2D eigenvalue weighted by Crippen LogP contribution is -2.35. The highest BCUT2D eigenvalue weighted by Crippen LogP contribution is 2.38. The van der Waals surface area contributed by atoms with Crippen molar-refractivity contribution in [2.45, 2.75) is 38.3 Å². The maximum atomic E-state index is 12.3. The van der Waals surface area contributed by atoms with Gasteiger partial charge in [-0.25, -0.2) is 4.98 Å². The summed E-state index contributed by atoms with van der Waals surface area (Å²) in [5.41, 5.74) is 3.40. The molecule has 27 heavy (non-hydrogen) atoms. The predicted molar refractivity (Wildman–Crippen MR) is 99.6 cm³/mol. The van der Waals surface area contributed by atoms with E-state index < -0.39 is 0 Å². The van der Waals surface area contributed by atoms with Gasteiger partial charge < -0.3 is 9.97 Å². The molecule has 0 amide bonds. The minimum Gasteiger partial charge on any atom is -0.361 e. The molecule has 3 aromatic rings. The number of nitro groups is 1. The van der Waals surface area contributed by atoms with Crippen molar-refractivity contribution < 1.29 is 4.92 Å². The molecule has 0 bridgehead atoms. The van der Waals surface area contributed by atoms with Gasteiger partial charge in [0.2, 0.25) is 0 Å². The summed E-state index contributed by atoms with van der Waals surface area (Å²) in [5, 5.41) is 12.1. The summed E-state index contributed by atoms with van der Waals surface area (Å²) in [6.45, 7) is 1.90. The zero-order valence-corrected chi connectivity index (χ0v) is 14.7. The van der Waals surface area contributed by atoms with Crippen LogP contribution >= 0.6 is 0 Å². The number of aromatic nitrogens is 3. The number of aromatic amines is 2. The first-order valence-corrected chi connectivity index (χ1v) is 9.18. The molecule has 5 rings (SSSR count). The number of benzene rings is 1. The number of non-ortho nitro benzene ring substituents is 1. The van der Waals surface area contributed by atoms with Crippen molar-refractivity contribution in [2.75, 3.05) is 6.54 Å². The van der Waals surface area contributed by atoms with E-state index in [-0.39, 0.29) is 16.2 Å². The van der Waals surface area contributed by atoms with Gasteiger partial charge in [0, 0.05) is 43.4 Å². The van der Waals surface area contributed by atoms with E-state index in [0.29, 0.717) is 30.8 Å². The molecule has 0 atom stereocenters. The van der Waals surface area contributed by atoms with Gasteiger partial charge >= 0.3 is 0 Å². The average Bonchev–Trinajstić information content (AvgIpc) is 3.43. The van der Waals surface area contributed by atoms with Gasteiger partial charge in [-0.1, -0.05) is 6.07 Å². The van der Waals surface area contributed by atoms with Gasteiger partial charge in [-0.3, -0.25) is 19.8 Å². The maximum absolute atomic E-state index is 12.3. The lowest BCUT2D eigenvalue weighted by molar-refractivity contribution is -0.383. The van der Waals surface area contributed by atoms with Crippen LogP contribution in [0.25, 0.3) is 10.9 Å². The standard InChI is InChI=1S/C19H19N5O3/c25-19-13-6-7-23(10-15(13)21-18(22-19)11-4-5-11)9-12-8-20-14-2-1-3-16(17(12)14)24(26)27/h1-3,8,11,20H,4-7,9-10H2,(H,21,22,25). The van der Waals surface area contributed by atoms with E-state index in [1.54, 1.807) is 6.07 Å². The monoisotopic (exact) mass is 365 g/mol. The van der Waals surface area contributed by atoms with Crippen LogP contribution in [0.2, 0.25) is 0 Å². The molecule has 2 aliphatic rings.